The third-order valence-electron chi connectivity index (χ3n) is 4.02. The first kappa shape index (κ1) is 13.5. The minimum atomic E-state index is -0.0809. The highest BCUT2D eigenvalue weighted by molar-refractivity contribution is 5.83. The second-order valence-corrected chi connectivity index (χ2v) is 5.76. The Morgan fingerprint density at radius 1 is 1.44 bits per heavy atom. The van der Waals surface area contributed by atoms with Gasteiger partial charge >= 0.3 is 0 Å². The highest BCUT2D eigenvalue weighted by Gasteiger charge is 2.44. The molecule has 0 spiro atoms. The Bertz CT molecular complexity index is 237. The van der Waals surface area contributed by atoms with Crippen LogP contribution in [0.25, 0.3) is 0 Å². The van der Waals surface area contributed by atoms with E-state index in [2.05, 4.69) is 26.1 Å². The Hall–Kier alpha value is -0.530. The number of nitrogens with one attached hydrogen (secondary N) is 1. The summed E-state index contributed by atoms with van der Waals surface area (Å²) in [5.41, 5.74) is -0.0809. The highest BCUT2D eigenvalue weighted by Crippen LogP contribution is 2.45. The van der Waals surface area contributed by atoms with Gasteiger partial charge in [0.05, 0.1) is 5.41 Å². The molecule has 0 aliphatic heterocycles. The summed E-state index contributed by atoms with van der Waals surface area (Å²) in [6, 6.07) is 0. The van der Waals surface area contributed by atoms with Crippen LogP contribution in [0.3, 0.4) is 0 Å². The number of amides is 1. The van der Waals surface area contributed by atoms with Gasteiger partial charge in [0.1, 0.15) is 0 Å². The van der Waals surface area contributed by atoms with Crippen molar-refractivity contribution in [2.75, 3.05) is 6.54 Å². The summed E-state index contributed by atoms with van der Waals surface area (Å²) in [5, 5.41) is 3.05. The summed E-state index contributed by atoms with van der Waals surface area (Å²) in [5.74, 6) is 1.44. The molecule has 0 heterocycles. The second-order valence-electron chi connectivity index (χ2n) is 5.76. The van der Waals surface area contributed by atoms with Crippen molar-refractivity contribution < 1.29 is 4.79 Å². The summed E-state index contributed by atoms with van der Waals surface area (Å²) in [6.45, 7) is 9.47. The highest BCUT2D eigenvalue weighted by atomic mass is 16.2. The molecule has 16 heavy (non-hydrogen) atoms. The zero-order chi connectivity index (χ0) is 12.2. The summed E-state index contributed by atoms with van der Waals surface area (Å²) in [6.07, 6.45) is 5.84. The smallest absolute Gasteiger partial charge is 0.226 e. The van der Waals surface area contributed by atoms with E-state index in [1.807, 2.05) is 6.92 Å². The fourth-order valence-electron chi connectivity index (χ4n) is 3.21. The van der Waals surface area contributed by atoms with E-state index in [1.54, 1.807) is 0 Å². The fourth-order valence-corrected chi connectivity index (χ4v) is 3.21. The molecule has 1 aliphatic rings. The lowest BCUT2D eigenvalue weighted by Crippen LogP contribution is -2.47. The zero-order valence-corrected chi connectivity index (χ0v) is 11.3. The first-order chi connectivity index (χ1) is 7.53. The fraction of sp³-hybridized carbons (Fsp3) is 0.929. The first-order valence-electron chi connectivity index (χ1n) is 6.81. The molecule has 2 unspecified atom stereocenters. The summed E-state index contributed by atoms with van der Waals surface area (Å²) in [7, 11) is 0. The van der Waals surface area contributed by atoms with Crippen LogP contribution in [-0.2, 0) is 4.79 Å². The van der Waals surface area contributed by atoms with Crippen LogP contribution in [0.5, 0.6) is 0 Å². The predicted octanol–water partition coefficient (Wildman–Crippen LogP) is 3.37. The summed E-state index contributed by atoms with van der Waals surface area (Å²) >= 11 is 0. The molecule has 1 rings (SSSR count). The number of hydrogen-bond donors (Lipinski definition) is 1. The van der Waals surface area contributed by atoms with Gasteiger partial charge in [0.25, 0.3) is 0 Å². The Kier molecular flexibility index (Phi) is 4.82. The average molecular weight is 225 g/mol. The van der Waals surface area contributed by atoms with Gasteiger partial charge in [0.2, 0.25) is 5.91 Å². The molecule has 1 N–H and O–H groups in total. The van der Waals surface area contributed by atoms with E-state index in [0.29, 0.717) is 17.7 Å². The molecule has 1 fully saturated rings. The molecule has 2 nitrogen and oxygen atoms in total. The third-order valence-corrected chi connectivity index (χ3v) is 4.02. The second kappa shape index (κ2) is 5.70. The lowest BCUT2D eigenvalue weighted by molar-refractivity contribution is -0.137. The van der Waals surface area contributed by atoms with E-state index >= 15 is 0 Å². The molecule has 0 aromatic carbocycles. The Balaban J connectivity index is 2.85. The van der Waals surface area contributed by atoms with Crippen molar-refractivity contribution in [2.24, 2.45) is 17.3 Å². The van der Waals surface area contributed by atoms with Gasteiger partial charge in [-0.2, -0.15) is 0 Å². The van der Waals surface area contributed by atoms with E-state index in [9.17, 15) is 4.79 Å². The van der Waals surface area contributed by atoms with E-state index in [4.69, 9.17) is 0 Å². The molecule has 0 bridgehead atoms. The van der Waals surface area contributed by atoms with Crippen LogP contribution in [-0.4, -0.2) is 12.5 Å². The van der Waals surface area contributed by atoms with Crippen molar-refractivity contribution in [2.45, 2.75) is 59.8 Å². The molecule has 0 radical (unpaired) electrons. The molecule has 2 atom stereocenters. The van der Waals surface area contributed by atoms with Crippen LogP contribution >= 0.6 is 0 Å². The summed E-state index contributed by atoms with van der Waals surface area (Å²) < 4.78 is 0. The van der Waals surface area contributed by atoms with Gasteiger partial charge in [-0.1, -0.05) is 33.6 Å². The zero-order valence-electron chi connectivity index (χ0n) is 11.3. The number of carbonyl (C=O) groups is 1. The van der Waals surface area contributed by atoms with Crippen LogP contribution in [0.2, 0.25) is 0 Å². The molecule has 0 saturated heterocycles. The topological polar surface area (TPSA) is 29.1 Å². The lowest BCUT2D eigenvalue weighted by Gasteiger charge is -2.42. The van der Waals surface area contributed by atoms with Crippen LogP contribution in [0.15, 0.2) is 0 Å². The normalized spacial score (nSPS) is 30.4. The molecule has 1 aliphatic carbocycles. The molecular formula is C14H27NO. The molecule has 0 aromatic rings. The quantitative estimate of drug-likeness (QED) is 0.781. The van der Waals surface area contributed by atoms with Crippen molar-refractivity contribution in [3.63, 3.8) is 0 Å². The van der Waals surface area contributed by atoms with E-state index < -0.39 is 0 Å². The van der Waals surface area contributed by atoms with Crippen molar-refractivity contribution in [3.05, 3.63) is 0 Å². The lowest BCUT2D eigenvalue weighted by atomic mass is 9.62. The van der Waals surface area contributed by atoms with Gasteiger partial charge in [-0.15, -0.1) is 0 Å². The molecular weight excluding hydrogens is 198 g/mol. The standard InChI is InChI=1S/C14H27NO/c1-5-15-13(16)14(10-11(2)3)9-7-6-8-12(14)4/h11-12H,5-10H2,1-4H3,(H,15,16). The molecule has 1 saturated carbocycles. The van der Waals surface area contributed by atoms with E-state index in [0.717, 1.165) is 19.4 Å². The number of hydrogen-bond acceptors (Lipinski definition) is 1. The van der Waals surface area contributed by atoms with Crippen LogP contribution in [0, 0.1) is 17.3 Å². The van der Waals surface area contributed by atoms with Gasteiger partial charge in [-0.05, 0) is 38.0 Å². The molecule has 94 valence electrons. The molecule has 1 amide bonds. The van der Waals surface area contributed by atoms with Crippen molar-refractivity contribution >= 4 is 5.91 Å². The Morgan fingerprint density at radius 2 is 2.12 bits per heavy atom. The maximum absolute atomic E-state index is 12.4. The maximum Gasteiger partial charge on any atom is 0.226 e. The third kappa shape index (κ3) is 2.78. The predicted molar refractivity (Wildman–Crippen MR) is 68.2 cm³/mol. The van der Waals surface area contributed by atoms with E-state index in [-0.39, 0.29) is 5.41 Å². The number of carbonyl (C=O) groups excluding carboxylic acids is 1. The average Bonchev–Trinajstić information content (AvgIpc) is 2.21. The minimum Gasteiger partial charge on any atom is -0.356 e. The van der Waals surface area contributed by atoms with Gasteiger partial charge in [0, 0.05) is 6.54 Å². The SMILES string of the molecule is CCNC(=O)C1(CC(C)C)CCCCC1C. The van der Waals surface area contributed by atoms with Crippen molar-refractivity contribution in [3.8, 4) is 0 Å². The van der Waals surface area contributed by atoms with E-state index in [1.165, 1.54) is 19.3 Å². The first-order valence-corrected chi connectivity index (χ1v) is 6.81. The van der Waals surface area contributed by atoms with Crippen LogP contribution in [0.1, 0.15) is 59.8 Å². The molecule has 0 aromatic heterocycles. The minimum absolute atomic E-state index is 0.0809. The monoisotopic (exact) mass is 225 g/mol. The summed E-state index contributed by atoms with van der Waals surface area (Å²) in [4.78, 5) is 12.4. The van der Waals surface area contributed by atoms with Crippen LogP contribution < -0.4 is 5.32 Å². The Morgan fingerprint density at radius 3 is 2.62 bits per heavy atom. The van der Waals surface area contributed by atoms with Gasteiger partial charge in [-0.25, -0.2) is 0 Å². The Labute approximate surface area is 100 Å². The van der Waals surface area contributed by atoms with Crippen molar-refractivity contribution in [1.29, 1.82) is 0 Å². The van der Waals surface area contributed by atoms with Crippen molar-refractivity contribution in [1.82, 2.24) is 5.32 Å². The van der Waals surface area contributed by atoms with Gasteiger partial charge in [-0.3, -0.25) is 4.79 Å². The number of rotatable bonds is 4. The maximum atomic E-state index is 12.4. The van der Waals surface area contributed by atoms with Gasteiger partial charge < -0.3 is 5.32 Å². The molecule has 2 heteroatoms. The van der Waals surface area contributed by atoms with Gasteiger partial charge in [0.15, 0.2) is 0 Å². The van der Waals surface area contributed by atoms with Crippen LogP contribution in [0.4, 0.5) is 0 Å². The largest absolute Gasteiger partial charge is 0.356 e.